The minimum Gasteiger partial charge on any atom is -0.330 e. The van der Waals surface area contributed by atoms with Crippen molar-refractivity contribution in [1.29, 1.82) is 0 Å². The number of rotatable bonds is 4. The summed E-state index contributed by atoms with van der Waals surface area (Å²) >= 11 is 1.60. The van der Waals surface area contributed by atoms with E-state index in [1.54, 1.807) is 11.3 Å². The van der Waals surface area contributed by atoms with Gasteiger partial charge in [-0.3, -0.25) is 4.79 Å². The molecule has 3 N–H and O–H groups in total. The van der Waals surface area contributed by atoms with Gasteiger partial charge in [-0.1, -0.05) is 6.92 Å². The van der Waals surface area contributed by atoms with Gasteiger partial charge in [0.25, 0.3) is 0 Å². The summed E-state index contributed by atoms with van der Waals surface area (Å²) < 4.78 is 0. The van der Waals surface area contributed by atoms with Gasteiger partial charge in [-0.05, 0) is 25.7 Å². The van der Waals surface area contributed by atoms with Gasteiger partial charge in [0.05, 0.1) is 11.6 Å². The number of anilines is 1. The molecule has 0 aromatic carbocycles. The standard InChI is InChI=1S/C11H17N3OS/c1-2-7(6-12)10(15)14-11-13-8-4-3-5-9(8)16-11/h7H,2-6,12H2,1H3,(H,13,14,15). The fraction of sp³-hybridized carbons (Fsp3) is 0.636. The number of nitrogens with one attached hydrogen (secondary N) is 1. The van der Waals surface area contributed by atoms with E-state index in [1.165, 1.54) is 17.0 Å². The van der Waals surface area contributed by atoms with E-state index in [0.717, 1.165) is 24.4 Å². The van der Waals surface area contributed by atoms with Crippen LogP contribution in [0, 0.1) is 5.92 Å². The Balaban J connectivity index is 2.01. The van der Waals surface area contributed by atoms with E-state index in [2.05, 4.69) is 10.3 Å². The number of carbonyl (C=O) groups excluding carboxylic acids is 1. The van der Waals surface area contributed by atoms with Crippen molar-refractivity contribution in [2.24, 2.45) is 11.7 Å². The quantitative estimate of drug-likeness (QED) is 0.837. The maximum atomic E-state index is 11.8. The molecule has 2 rings (SSSR count). The Morgan fingerprint density at radius 1 is 1.62 bits per heavy atom. The number of hydrogen-bond acceptors (Lipinski definition) is 4. The predicted molar refractivity (Wildman–Crippen MR) is 65.6 cm³/mol. The molecule has 1 aromatic heterocycles. The molecule has 1 amide bonds. The van der Waals surface area contributed by atoms with Crippen LogP contribution in [0.5, 0.6) is 0 Å². The Bertz CT molecular complexity index is 363. The van der Waals surface area contributed by atoms with Gasteiger partial charge in [0.2, 0.25) is 5.91 Å². The van der Waals surface area contributed by atoms with Crippen molar-refractivity contribution in [3.63, 3.8) is 0 Å². The molecule has 1 unspecified atom stereocenters. The molecule has 0 saturated heterocycles. The van der Waals surface area contributed by atoms with E-state index in [-0.39, 0.29) is 11.8 Å². The first kappa shape index (κ1) is 11.5. The number of amides is 1. The summed E-state index contributed by atoms with van der Waals surface area (Å²) in [4.78, 5) is 17.5. The van der Waals surface area contributed by atoms with Crippen LogP contribution < -0.4 is 11.1 Å². The van der Waals surface area contributed by atoms with Crippen LogP contribution in [-0.4, -0.2) is 17.4 Å². The van der Waals surface area contributed by atoms with Crippen molar-refractivity contribution in [2.75, 3.05) is 11.9 Å². The Morgan fingerprint density at radius 2 is 2.44 bits per heavy atom. The van der Waals surface area contributed by atoms with Gasteiger partial charge < -0.3 is 11.1 Å². The Morgan fingerprint density at radius 3 is 3.06 bits per heavy atom. The SMILES string of the molecule is CCC(CN)C(=O)Nc1nc2c(s1)CCC2. The molecule has 5 heteroatoms. The molecule has 88 valence electrons. The summed E-state index contributed by atoms with van der Waals surface area (Å²) in [5.74, 6) is -0.101. The summed E-state index contributed by atoms with van der Waals surface area (Å²) in [5, 5.41) is 3.60. The number of aryl methyl sites for hydroxylation is 2. The number of thiazole rings is 1. The maximum Gasteiger partial charge on any atom is 0.230 e. The Kier molecular flexibility index (Phi) is 3.56. The van der Waals surface area contributed by atoms with Crippen LogP contribution in [0.2, 0.25) is 0 Å². The largest absolute Gasteiger partial charge is 0.330 e. The average molecular weight is 239 g/mol. The zero-order chi connectivity index (χ0) is 11.5. The van der Waals surface area contributed by atoms with Gasteiger partial charge in [-0.25, -0.2) is 4.98 Å². The van der Waals surface area contributed by atoms with Crippen LogP contribution in [0.25, 0.3) is 0 Å². The third-order valence-electron chi connectivity index (χ3n) is 2.97. The molecule has 0 bridgehead atoms. The van der Waals surface area contributed by atoms with Crippen LogP contribution in [0.3, 0.4) is 0 Å². The van der Waals surface area contributed by atoms with E-state index in [1.807, 2.05) is 6.92 Å². The molecular weight excluding hydrogens is 222 g/mol. The van der Waals surface area contributed by atoms with Gasteiger partial charge in [0, 0.05) is 11.4 Å². The van der Waals surface area contributed by atoms with E-state index in [9.17, 15) is 4.79 Å². The maximum absolute atomic E-state index is 11.8. The van der Waals surface area contributed by atoms with Gasteiger partial charge in [-0.15, -0.1) is 11.3 Å². The highest BCUT2D eigenvalue weighted by molar-refractivity contribution is 7.15. The van der Waals surface area contributed by atoms with Crippen LogP contribution in [-0.2, 0) is 17.6 Å². The summed E-state index contributed by atoms with van der Waals surface area (Å²) in [6.45, 7) is 2.37. The smallest absolute Gasteiger partial charge is 0.230 e. The van der Waals surface area contributed by atoms with E-state index in [0.29, 0.717) is 6.54 Å². The van der Waals surface area contributed by atoms with Crippen molar-refractivity contribution in [3.8, 4) is 0 Å². The fourth-order valence-electron chi connectivity index (χ4n) is 1.91. The molecular formula is C11H17N3OS. The lowest BCUT2D eigenvalue weighted by atomic mass is 10.1. The third kappa shape index (κ3) is 2.25. The van der Waals surface area contributed by atoms with Crippen molar-refractivity contribution in [1.82, 2.24) is 4.98 Å². The van der Waals surface area contributed by atoms with Crippen molar-refractivity contribution in [3.05, 3.63) is 10.6 Å². The molecule has 1 aliphatic carbocycles. The van der Waals surface area contributed by atoms with E-state index in [4.69, 9.17) is 5.73 Å². The van der Waals surface area contributed by atoms with Crippen molar-refractivity contribution < 1.29 is 4.79 Å². The molecule has 4 nitrogen and oxygen atoms in total. The highest BCUT2D eigenvalue weighted by Crippen LogP contribution is 2.30. The summed E-state index contributed by atoms with van der Waals surface area (Å²) in [6.07, 6.45) is 4.13. The lowest BCUT2D eigenvalue weighted by molar-refractivity contribution is -0.119. The molecule has 1 atom stereocenters. The molecule has 0 fully saturated rings. The zero-order valence-electron chi connectivity index (χ0n) is 9.45. The number of nitrogens with zero attached hydrogens (tertiary/aromatic N) is 1. The lowest BCUT2D eigenvalue weighted by Gasteiger charge is -2.10. The second kappa shape index (κ2) is 4.93. The number of nitrogens with two attached hydrogens (primary N) is 1. The first-order valence-corrected chi connectivity index (χ1v) is 6.55. The van der Waals surface area contributed by atoms with Gasteiger partial charge >= 0.3 is 0 Å². The minimum atomic E-state index is -0.0984. The summed E-state index contributed by atoms with van der Waals surface area (Å²) in [5.41, 5.74) is 6.70. The van der Waals surface area contributed by atoms with Crippen LogP contribution in [0.4, 0.5) is 5.13 Å². The lowest BCUT2D eigenvalue weighted by Crippen LogP contribution is -2.28. The fourth-order valence-corrected chi connectivity index (χ4v) is 2.96. The first-order chi connectivity index (χ1) is 7.74. The normalized spacial score (nSPS) is 15.9. The number of fused-ring (bicyclic) bond motifs is 1. The van der Waals surface area contributed by atoms with Gasteiger partial charge in [0.1, 0.15) is 0 Å². The topological polar surface area (TPSA) is 68.0 Å². The molecule has 1 aliphatic rings. The van der Waals surface area contributed by atoms with Crippen LogP contribution in [0.15, 0.2) is 0 Å². The van der Waals surface area contributed by atoms with Gasteiger partial charge in [-0.2, -0.15) is 0 Å². The van der Waals surface area contributed by atoms with E-state index < -0.39 is 0 Å². The van der Waals surface area contributed by atoms with Crippen LogP contribution in [0.1, 0.15) is 30.3 Å². The average Bonchev–Trinajstić information content (AvgIpc) is 2.79. The van der Waals surface area contributed by atoms with Gasteiger partial charge in [0.15, 0.2) is 5.13 Å². The third-order valence-corrected chi connectivity index (χ3v) is 4.05. The monoisotopic (exact) mass is 239 g/mol. The molecule has 0 radical (unpaired) electrons. The predicted octanol–water partition coefficient (Wildman–Crippen LogP) is 1.56. The number of aromatic nitrogens is 1. The summed E-state index contributed by atoms with van der Waals surface area (Å²) in [7, 11) is 0. The molecule has 0 aliphatic heterocycles. The van der Waals surface area contributed by atoms with Crippen molar-refractivity contribution in [2.45, 2.75) is 32.6 Å². The highest BCUT2D eigenvalue weighted by atomic mass is 32.1. The Hall–Kier alpha value is -0.940. The second-order valence-electron chi connectivity index (χ2n) is 4.07. The first-order valence-electron chi connectivity index (χ1n) is 5.74. The minimum absolute atomic E-state index is 0.00239. The number of hydrogen-bond donors (Lipinski definition) is 2. The highest BCUT2D eigenvalue weighted by Gasteiger charge is 2.20. The summed E-state index contributed by atoms with van der Waals surface area (Å²) in [6, 6.07) is 0. The van der Waals surface area contributed by atoms with Crippen molar-refractivity contribution >= 4 is 22.4 Å². The molecule has 1 aromatic rings. The molecule has 0 spiro atoms. The second-order valence-corrected chi connectivity index (χ2v) is 5.16. The molecule has 1 heterocycles. The van der Waals surface area contributed by atoms with E-state index >= 15 is 0 Å². The zero-order valence-corrected chi connectivity index (χ0v) is 10.3. The Labute approximate surface area is 99.3 Å². The molecule has 0 saturated carbocycles. The van der Waals surface area contributed by atoms with Crippen LogP contribution >= 0.6 is 11.3 Å². The molecule has 16 heavy (non-hydrogen) atoms. The number of carbonyl (C=O) groups is 1.